The van der Waals surface area contributed by atoms with Crippen molar-refractivity contribution < 1.29 is 9.59 Å². The van der Waals surface area contributed by atoms with Gasteiger partial charge in [0, 0.05) is 30.6 Å². The zero-order valence-corrected chi connectivity index (χ0v) is 16.9. The molecule has 6 heteroatoms. The minimum Gasteiger partial charge on any atom is -0.351 e. The molecule has 0 radical (unpaired) electrons. The van der Waals surface area contributed by atoms with E-state index in [-0.39, 0.29) is 17.9 Å². The zero-order valence-electron chi connectivity index (χ0n) is 16.1. The van der Waals surface area contributed by atoms with Crippen LogP contribution in [0.25, 0.3) is 0 Å². The molecule has 3 rings (SSSR count). The lowest BCUT2D eigenvalue weighted by molar-refractivity contribution is -0.138. The first-order valence-electron chi connectivity index (χ1n) is 10.1. The van der Waals surface area contributed by atoms with Gasteiger partial charge >= 0.3 is 0 Å². The van der Waals surface area contributed by atoms with E-state index in [1.807, 2.05) is 36.1 Å². The summed E-state index contributed by atoms with van der Waals surface area (Å²) in [6, 6.07) is 7.33. The lowest BCUT2D eigenvalue weighted by atomic mass is 9.93. The van der Waals surface area contributed by atoms with Gasteiger partial charge in [0.15, 0.2) is 0 Å². The van der Waals surface area contributed by atoms with Crippen LogP contribution in [0.4, 0.5) is 0 Å². The van der Waals surface area contributed by atoms with Gasteiger partial charge in [0.05, 0.1) is 6.04 Å². The minimum atomic E-state index is -0.177. The van der Waals surface area contributed by atoms with Gasteiger partial charge in [-0.3, -0.25) is 14.5 Å². The molecular formula is C21H30ClN3O2. The molecule has 1 unspecified atom stereocenters. The fraction of sp³-hybridized carbons (Fsp3) is 0.619. The molecule has 5 nitrogen and oxygen atoms in total. The summed E-state index contributed by atoms with van der Waals surface area (Å²) in [5.41, 5.74) is 1.03. The van der Waals surface area contributed by atoms with Gasteiger partial charge in [-0.2, -0.15) is 0 Å². The number of halogens is 1. The molecule has 1 N–H and O–H groups in total. The maximum Gasteiger partial charge on any atom is 0.237 e. The van der Waals surface area contributed by atoms with Gasteiger partial charge in [0.25, 0.3) is 0 Å². The molecule has 2 heterocycles. The van der Waals surface area contributed by atoms with E-state index >= 15 is 0 Å². The molecule has 0 spiro atoms. The highest BCUT2D eigenvalue weighted by Gasteiger charge is 2.32. The van der Waals surface area contributed by atoms with E-state index in [2.05, 4.69) is 10.2 Å². The number of nitrogens with one attached hydrogen (secondary N) is 1. The van der Waals surface area contributed by atoms with Crippen LogP contribution in [0.5, 0.6) is 0 Å². The molecule has 2 fully saturated rings. The molecule has 2 aliphatic rings. The molecule has 148 valence electrons. The van der Waals surface area contributed by atoms with Crippen LogP contribution in [-0.4, -0.2) is 53.8 Å². The number of rotatable bonds is 5. The van der Waals surface area contributed by atoms with Gasteiger partial charge in [-0.1, -0.05) is 23.7 Å². The number of benzene rings is 1. The number of hydrogen-bond acceptors (Lipinski definition) is 3. The summed E-state index contributed by atoms with van der Waals surface area (Å²) >= 11 is 5.89. The summed E-state index contributed by atoms with van der Waals surface area (Å²) in [6.07, 6.45) is 5.21. The zero-order chi connectivity index (χ0) is 19.2. The SMILES string of the molecule is CC(C(=O)NCc1ccc(Cl)cc1)N1CCC(C(=O)N2CCCCC2)CC1. The Labute approximate surface area is 167 Å². The van der Waals surface area contributed by atoms with Crippen LogP contribution < -0.4 is 5.32 Å². The quantitative estimate of drug-likeness (QED) is 0.839. The van der Waals surface area contributed by atoms with Gasteiger partial charge < -0.3 is 10.2 Å². The normalized spacial score (nSPS) is 20.3. The molecule has 2 amide bonds. The third kappa shape index (κ3) is 5.45. The minimum absolute atomic E-state index is 0.0331. The summed E-state index contributed by atoms with van der Waals surface area (Å²) in [4.78, 5) is 29.4. The van der Waals surface area contributed by atoms with Crippen LogP contribution >= 0.6 is 11.6 Å². The van der Waals surface area contributed by atoms with Crippen molar-refractivity contribution in [2.45, 2.75) is 51.6 Å². The third-order valence-electron chi connectivity index (χ3n) is 5.85. The lowest BCUT2D eigenvalue weighted by Gasteiger charge is -2.37. The maximum atomic E-state index is 12.7. The standard InChI is InChI=1S/C21H30ClN3O2/c1-16(20(26)23-15-17-5-7-19(22)8-6-17)24-13-9-18(10-14-24)21(27)25-11-3-2-4-12-25/h5-8,16,18H,2-4,9-15H2,1H3,(H,23,26). The van der Waals surface area contributed by atoms with Gasteiger partial charge in [-0.25, -0.2) is 0 Å². The molecule has 0 saturated carbocycles. The number of carbonyl (C=O) groups is 2. The number of likely N-dealkylation sites (tertiary alicyclic amines) is 2. The van der Waals surface area contributed by atoms with Crippen molar-refractivity contribution in [3.8, 4) is 0 Å². The van der Waals surface area contributed by atoms with Crippen molar-refractivity contribution in [1.82, 2.24) is 15.1 Å². The summed E-state index contributed by atoms with van der Waals surface area (Å²) in [5, 5.41) is 3.70. The topological polar surface area (TPSA) is 52.7 Å². The van der Waals surface area contributed by atoms with Crippen molar-refractivity contribution in [2.24, 2.45) is 5.92 Å². The van der Waals surface area contributed by atoms with E-state index in [4.69, 9.17) is 11.6 Å². The van der Waals surface area contributed by atoms with Crippen molar-refractivity contribution in [3.05, 3.63) is 34.9 Å². The number of hydrogen-bond donors (Lipinski definition) is 1. The molecular weight excluding hydrogens is 362 g/mol. The van der Waals surface area contributed by atoms with Crippen LogP contribution in [0.15, 0.2) is 24.3 Å². The first-order chi connectivity index (χ1) is 13.0. The van der Waals surface area contributed by atoms with E-state index in [1.54, 1.807) is 0 Å². The monoisotopic (exact) mass is 391 g/mol. The van der Waals surface area contributed by atoms with Crippen LogP contribution in [0, 0.1) is 5.92 Å². The second-order valence-corrected chi connectivity index (χ2v) is 8.15. The van der Waals surface area contributed by atoms with E-state index in [0.717, 1.165) is 57.4 Å². The smallest absolute Gasteiger partial charge is 0.237 e. The summed E-state index contributed by atoms with van der Waals surface area (Å²) in [5.74, 6) is 0.489. The van der Waals surface area contributed by atoms with Gasteiger partial charge in [-0.15, -0.1) is 0 Å². The molecule has 1 aromatic rings. The predicted octanol–water partition coefficient (Wildman–Crippen LogP) is 3.07. The molecule has 1 aromatic carbocycles. The average molecular weight is 392 g/mol. The number of amides is 2. The second kappa shape index (κ2) is 9.56. The Morgan fingerprint density at radius 1 is 1.07 bits per heavy atom. The molecule has 2 saturated heterocycles. The Hall–Kier alpha value is -1.59. The highest BCUT2D eigenvalue weighted by atomic mass is 35.5. The average Bonchev–Trinajstić information content (AvgIpc) is 2.73. The van der Waals surface area contributed by atoms with Gasteiger partial charge in [-0.05, 0) is 69.8 Å². The van der Waals surface area contributed by atoms with Crippen molar-refractivity contribution in [2.75, 3.05) is 26.2 Å². The van der Waals surface area contributed by atoms with Crippen molar-refractivity contribution in [1.29, 1.82) is 0 Å². The highest BCUT2D eigenvalue weighted by Crippen LogP contribution is 2.23. The third-order valence-corrected chi connectivity index (χ3v) is 6.11. The summed E-state index contributed by atoms with van der Waals surface area (Å²) in [7, 11) is 0. The van der Waals surface area contributed by atoms with Crippen LogP contribution in [0.3, 0.4) is 0 Å². The van der Waals surface area contributed by atoms with E-state index in [0.29, 0.717) is 17.5 Å². The number of nitrogens with zero attached hydrogens (tertiary/aromatic N) is 2. The fourth-order valence-electron chi connectivity index (χ4n) is 4.01. The predicted molar refractivity (Wildman–Crippen MR) is 107 cm³/mol. The Morgan fingerprint density at radius 3 is 2.33 bits per heavy atom. The second-order valence-electron chi connectivity index (χ2n) is 7.72. The Morgan fingerprint density at radius 2 is 1.70 bits per heavy atom. The molecule has 0 bridgehead atoms. The van der Waals surface area contributed by atoms with Crippen LogP contribution in [-0.2, 0) is 16.1 Å². The number of piperidine rings is 2. The summed E-state index contributed by atoms with van der Waals surface area (Å²) < 4.78 is 0. The molecule has 1 atom stereocenters. The lowest BCUT2D eigenvalue weighted by Crippen LogP contribution is -2.50. The maximum absolute atomic E-state index is 12.7. The van der Waals surface area contributed by atoms with Crippen LogP contribution in [0.1, 0.15) is 44.6 Å². The molecule has 27 heavy (non-hydrogen) atoms. The largest absolute Gasteiger partial charge is 0.351 e. The molecule has 0 aliphatic carbocycles. The number of carbonyl (C=O) groups excluding carboxylic acids is 2. The highest BCUT2D eigenvalue weighted by molar-refractivity contribution is 6.30. The first kappa shape index (κ1) is 20.2. The van der Waals surface area contributed by atoms with Crippen LogP contribution in [0.2, 0.25) is 5.02 Å². The Balaban J connectivity index is 1.43. The van der Waals surface area contributed by atoms with Crippen molar-refractivity contribution >= 4 is 23.4 Å². The van der Waals surface area contributed by atoms with Gasteiger partial charge in [0.1, 0.15) is 0 Å². The first-order valence-corrected chi connectivity index (χ1v) is 10.5. The molecule has 2 aliphatic heterocycles. The van der Waals surface area contributed by atoms with E-state index in [1.165, 1.54) is 6.42 Å². The fourth-order valence-corrected chi connectivity index (χ4v) is 4.14. The molecule has 0 aromatic heterocycles. The van der Waals surface area contributed by atoms with Crippen molar-refractivity contribution in [3.63, 3.8) is 0 Å². The van der Waals surface area contributed by atoms with E-state index < -0.39 is 0 Å². The Bertz CT molecular complexity index is 635. The Kier molecular flexibility index (Phi) is 7.13. The van der Waals surface area contributed by atoms with Gasteiger partial charge in [0.2, 0.25) is 11.8 Å². The van der Waals surface area contributed by atoms with E-state index in [9.17, 15) is 9.59 Å². The summed E-state index contributed by atoms with van der Waals surface area (Å²) in [6.45, 7) is 5.90.